The Morgan fingerprint density at radius 3 is 2.95 bits per heavy atom. The van der Waals surface area contributed by atoms with E-state index in [4.69, 9.17) is 4.74 Å². The van der Waals surface area contributed by atoms with Gasteiger partial charge < -0.3 is 10.1 Å². The second kappa shape index (κ2) is 6.07. The van der Waals surface area contributed by atoms with E-state index in [0.717, 1.165) is 19.3 Å². The lowest BCUT2D eigenvalue weighted by Crippen LogP contribution is -2.32. The van der Waals surface area contributed by atoms with Crippen molar-refractivity contribution in [2.45, 2.75) is 51.0 Å². The average Bonchev–Trinajstić information content (AvgIpc) is 2.45. The van der Waals surface area contributed by atoms with Crippen LogP contribution in [0.2, 0.25) is 0 Å². The number of hydrogen-bond donors (Lipinski definition) is 1. The molecule has 3 unspecified atom stereocenters. The van der Waals surface area contributed by atoms with Gasteiger partial charge in [0.2, 0.25) is 5.91 Å². The summed E-state index contributed by atoms with van der Waals surface area (Å²) in [5.74, 6) is -1.17. The van der Waals surface area contributed by atoms with Crippen LogP contribution < -0.4 is 5.32 Å². The zero-order chi connectivity index (χ0) is 15.7. The Balaban J connectivity index is 1.76. The molecule has 1 aromatic rings. The molecule has 2 aliphatic rings. The van der Waals surface area contributed by atoms with E-state index in [2.05, 4.69) is 12.2 Å². The Kier molecular flexibility index (Phi) is 4.14. The van der Waals surface area contributed by atoms with Crippen LogP contribution in [0.5, 0.6) is 0 Å². The van der Waals surface area contributed by atoms with E-state index < -0.39 is 11.7 Å². The zero-order valence-corrected chi connectivity index (χ0v) is 12.6. The molecule has 0 radical (unpaired) electrons. The van der Waals surface area contributed by atoms with E-state index in [1.807, 2.05) is 0 Å². The SMILES string of the molecule is CC1CCCC(OC(=O)C2CC(=O)Nc3cc(F)ccc32)C1. The largest absolute Gasteiger partial charge is 0.462 e. The number of anilines is 1. The summed E-state index contributed by atoms with van der Waals surface area (Å²) in [7, 11) is 0. The van der Waals surface area contributed by atoms with E-state index >= 15 is 0 Å². The summed E-state index contributed by atoms with van der Waals surface area (Å²) in [6, 6.07) is 4.11. The van der Waals surface area contributed by atoms with Crippen LogP contribution in [0.4, 0.5) is 10.1 Å². The van der Waals surface area contributed by atoms with Gasteiger partial charge in [0.1, 0.15) is 11.9 Å². The highest BCUT2D eigenvalue weighted by Gasteiger charge is 2.34. The number of rotatable bonds is 2. The Labute approximate surface area is 129 Å². The normalized spacial score (nSPS) is 27.7. The summed E-state index contributed by atoms with van der Waals surface area (Å²) in [4.78, 5) is 24.2. The van der Waals surface area contributed by atoms with Crippen LogP contribution in [0.15, 0.2) is 18.2 Å². The minimum Gasteiger partial charge on any atom is -0.462 e. The van der Waals surface area contributed by atoms with E-state index in [1.165, 1.54) is 18.6 Å². The number of carbonyl (C=O) groups excluding carboxylic acids is 2. The number of hydrogen-bond acceptors (Lipinski definition) is 3. The lowest BCUT2D eigenvalue weighted by Gasteiger charge is -2.30. The fourth-order valence-corrected chi connectivity index (χ4v) is 3.38. The van der Waals surface area contributed by atoms with Gasteiger partial charge in [0.15, 0.2) is 0 Å². The van der Waals surface area contributed by atoms with E-state index in [9.17, 15) is 14.0 Å². The molecule has 1 saturated carbocycles. The molecule has 4 nitrogen and oxygen atoms in total. The molecule has 0 bridgehead atoms. The Morgan fingerprint density at radius 2 is 2.18 bits per heavy atom. The molecule has 1 amide bonds. The highest BCUT2D eigenvalue weighted by atomic mass is 19.1. The molecule has 118 valence electrons. The first-order valence-electron chi connectivity index (χ1n) is 7.82. The summed E-state index contributed by atoms with van der Waals surface area (Å²) in [5.41, 5.74) is 1.00. The van der Waals surface area contributed by atoms with Gasteiger partial charge in [0.05, 0.1) is 5.92 Å². The second-order valence-electron chi connectivity index (χ2n) is 6.37. The quantitative estimate of drug-likeness (QED) is 0.852. The van der Waals surface area contributed by atoms with Gasteiger partial charge in [-0.2, -0.15) is 0 Å². The van der Waals surface area contributed by atoms with Crippen molar-refractivity contribution in [2.75, 3.05) is 5.32 Å². The predicted octanol–water partition coefficient (Wildman–Crippen LogP) is 3.37. The maximum atomic E-state index is 13.3. The van der Waals surface area contributed by atoms with Gasteiger partial charge in [-0.25, -0.2) is 4.39 Å². The molecule has 1 aliphatic carbocycles. The number of ether oxygens (including phenoxy) is 1. The number of nitrogens with one attached hydrogen (secondary N) is 1. The van der Waals surface area contributed by atoms with Gasteiger partial charge >= 0.3 is 5.97 Å². The monoisotopic (exact) mass is 305 g/mol. The van der Waals surface area contributed by atoms with Crippen LogP contribution in [-0.4, -0.2) is 18.0 Å². The minimum atomic E-state index is -0.637. The van der Waals surface area contributed by atoms with Crippen molar-refractivity contribution in [3.8, 4) is 0 Å². The Bertz CT molecular complexity index is 602. The highest BCUT2D eigenvalue weighted by molar-refractivity contribution is 6.00. The molecule has 1 heterocycles. The minimum absolute atomic E-state index is 0.0553. The molecule has 1 aromatic carbocycles. The standard InChI is InChI=1S/C17H20FNO3/c1-10-3-2-4-12(7-10)22-17(21)14-9-16(20)19-15-8-11(18)5-6-13(14)15/h5-6,8,10,12,14H,2-4,7,9H2,1H3,(H,19,20). The van der Waals surface area contributed by atoms with Crippen LogP contribution in [0, 0.1) is 11.7 Å². The van der Waals surface area contributed by atoms with Crippen molar-refractivity contribution in [3.63, 3.8) is 0 Å². The van der Waals surface area contributed by atoms with Crippen molar-refractivity contribution in [1.29, 1.82) is 0 Å². The lowest BCUT2D eigenvalue weighted by molar-refractivity contribution is -0.154. The van der Waals surface area contributed by atoms with Crippen molar-refractivity contribution in [2.24, 2.45) is 5.92 Å². The van der Waals surface area contributed by atoms with Gasteiger partial charge in [-0.05, 0) is 42.9 Å². The first-order valence-corrected chi connectivity index (χ1v) is 7.82. The molecular formula is C17H20FNO3. The molecule has 0 spiro atoms. The number of fused-ring (bicyclic) bond motifs is 1. The maximum Gasteiger partial charge on any atom is 0.314 e. The molecule has 3 atom stereocenters. The highest BCUT2D eigenvalue weighted by Crippen LogP contribution is 2.35. The van der Waals surface area contributed by atoms with Crippen LogP contribution in [0.1, 0.15) is 50.5 Å². The number of carbonyl (C=O) groups is 2. The predicted molar refractivity (Wildman–Crippen MR) is 79.9 cm³/mol. The van der Waals surface area contributed by atoms with Crippen LogP contribution in [0.3, 0.4) is 0 Å². The average molecular weight is 305 g/mol. The van der Waals surface area contributed by atoms with Crippen LogP contribution in [0.25, 0.3) is 0 Å². The summed E-state index contributed by atoms with van der Waals surface area (Å²) in [6.07, 6.45) is 3.98. The lowest BCUT2D eigenvalue weighted by atomic mass is 9.88. The van der Waals surface area contributed by atoms with Gasteiger partial charge in [0.25, 0.3) is 0 Å². The van der Waals surface area contributed by atoms with Gasteiger partial charge in [0, 0.05) is 12.1 Å². The Hall–Kier alpha value is -1.91. The third-order valence-electron chi connectivity index (χ3n) is 4.51. The second-order valence-corrected chi connectivity index (χ2v) is 6.37. The van der Waals surface area contributed by atoms with Crippen molar-refractivity contribution < 1.29 is 18.7 Å². The van der Waals surface area contributed by atoms with E-state index in [1.54, 1.807) is 6.07 Å². The first-order chi connectivity index (χ1) is 10.5. The third kappa shape index (κ3) is 3.13. The summed E-state index contributed by atoms with van der Waals surface area (Å²) in [5, 5.41) is 2.61. The smallest absolute Gasteiger partial charge is 0.314 e. The molecule has 0 aromatic heterocycles. The summed E-state index contributed by atoms with van der Waals surface area (Å²) >= 11 is 0. The van der Waals surface area contributed by atoms with Gasteiger partial charge in [-0.15, -0.1) is 0 Å². The van der Waals surface area contributed by atoms with Crippen molar-refractivity contribution in [1.82, 2.24) is 0 Å². The van der Waals surface area contributed by atoms with E-state index in [-0.39, 0.29) is 24.4 Å². The van der Waals surface area contributed by atoms with Crippen molar-refractivity contribution >= 4 is 17.6 Å². The van der Waals surface area contributed by atoms with Crippen LogP contribution in [-0.2, 0) is 14.3 Å². The summed E-state index contributed by atoms with van der Waals surface area (Å²) < 4.78 is 18.9. The zero-order valence-electron chi connectivity index (χ0n) is 12.6. The van der Waals surface area contributed by atoms with Gasteiger partial charge in [-0.1, -0.05) is 19.4 Å². The third-order valence-corrected chi connectivity index (χ3v) is 4.51. The molecule has 5 heteroatoms. The molecule has 1 fully saturated rings. The summed E-state index contributed by atoms with van der Waals surface area (Å²) in [6.45, 7) is 2.16. The molecular weight excluding hydrogens is 285 g/mol. The van der Waals surface area contributed by atoms with Crippen molar-refractivity contribution in [3.05, 3.63) is 29.6 Å². The fraction of sp³-hybridized carbons (Fsp3) is 0.529. The molecule has 3 rings (SSSR count). The number of amides is 1. The first kappa shape index (κ1) is 15.0. The van der Waals surface area contributed by atoms with Crippen LogP contribution >= 0.6 is 0 Å². The number of esters is 1. The molecule has 22 heavy (non-hydrogen) atoms. The Morgan fingerprint density at radius 1 is 1.36 bits per heavy atom. The molecule has 1 N–H and O–H groups in total. The molecule has 0 saturated heterocycles. The fourth-order valence-electron chi connectivity index (χ4n) is 3.38. The van der Waals surface area contributed by atoms with Gasteiger partial charge in [-0.3, -0.25) is 9.59 Å². The number of halogens is 1. The van der Waals surface area contributed by atoms with E-state index in [0.29, 0.717) is 17.2 Å². The maximum absolute atomic E-state index is 13.3. The topological polar surface area (TPSA) is 55.4 Å². The number of benzene rings is 1. The molecule has 1 aliphatic heterocycles.